The molecule has 1 amide bonds. The summed E-state index contributed by atoms with van der Waals surface area (Å²) >= 11 is 0. The quantitative estimate of drug-likeness (QED) is 0.756. The zero-order chi connectivity index (χ0) is 13.0. The standard InChI is InChI=1S/C11H19N5O2/c1-8-6-9(2-5-18-8)13-11(17)10-7-16(4-3-12)15-14-10/h7-9H,2-6,12H2,1H3,(H,13,17). The molecule has 0 aromatic carbocycles. The molecule has 100 valence electrons. The van der Waals surface area contributed by atoms with E-state index in [-0.39, 0.29) is 18.1 Å². The first-order valence-electron chi connectivity index (χ1n) is 6.21. The summed E-state index contributed by atoms with van der Waals surface area (Å²) in [4.78, 5) is 11.9. The van der Waals surface area contributed by atoms with Gasteiger partial charge in [0, 0.05) is 19.2 Å². The van der Waals surface area contributed by atoms with Gasteiger partial charge in [-0.3, -0.25) is 9.48 Å². The molecule has 2 heterocycles. The molecule has 3 N–H and O–H groups in total. The normalized spacial score (nSPS) is 23.9. The maximum atomic E-state index is 11.9. The van der Waals surface area contributed by atoms with E-state index in [4.69, 9.17) is 10.5 Å². The van der Waals surface area contributed by atoms with Gasteiger partial charge in [-0.1, -0.05) is 5.21 Å². The van der Waals surface area contributed by atoms with Crippen molar-refractivity contribution in [2.45, 2.75) is 38.5 Å². The highest BCUT2D eigenvalue weighted by Gasteiger charge is 2.22. The summed E-state index contributed by atoms with van der Waals surface area (Å²) in [6.45, 7) is 3.73. The molecule has 0 saturated carbocycles. The molecule has 1 saturated heterocycles. The van der Waals surface area contributed by atoms with Gasteiger partial charge in [0.1, 0.15) is 0 Å². The summed E-state index contributed by atoms with van der Waals surface area (Å²) in [6.07, 6.45) is 3.48. The number of amides is 1. The predicted octanol–water partition coefficient (Wildman–Crippen LogP) is -0.466. The molecule has 18 heavy (non-hydrogen) atoms. The molecule has 2 atom stereocenters. The van der Waals surface area contributed by atoms with Gasteiger partial charge in [-0.2, -0.15) is 0 Å². The molecule has 0 aliphatic carbocycles. The van der Waals surface area contributed by atoms with Crippen LogP contribution in [0.5, 0.6) is 0 Å². The Labute approximate surface area is 106 Å². The lowest BCUT2D eigenvalue weighted by Gasteiger charge is -2.27. The molecule has 2 unspecified atom stereocenters. The molecule has 7 heteroatoms. The average molecular weight is 253 g/mol. The third-order valence-corrected chi connectivity index (χ3v) is 2.95. The summed E-state index contributed by atoms with van der Waals surface area (Å²) < 4.78 is 7.01. The van der Waals surface area contributed by atoms with Crippen LogP contribution in [0.15, 0.2) is 6.20 Å². The van der Waals surface area contributed by atoms with Crippen LogP contribution >= 0.6 is 0 Å². The number of aromatic nitrogens is 3. The van der Waals surface area contributed by atoms with Gasteiger partial charge in [-0.15, -0.1) is 5.10 Å². The van der Waals surface area contributed by atoms with E-state index in [2.05, 4.69) is 15.6 Å². The molecule has 0 spiro atoms. The number of nitrogens with one attached hydrogen (secondary N) is 1. The molecule has 0 bridgehead atoms. The van der Waals surface area contributed by atoms with Crippen molar-refractivity contribution < 1.29 is 9.53 Å². The zero-order valence-electron chi connectivity index (χ0n) is 10.5. The van der Waals surface area contributed by atoms with Crippen LogP contribution in [0.3, 0.4) is 0 Å². The molecule has 1 aliphatic rings. The minimum atomic E-state index is -0.183. The summed E-state index contributed by atoms with van der Waals surface area (Å²) in [6, 6.07) is 0.154. The Morgan fingerprint density at radius 3 is 3.28 bits per heavy atom. The third-order valence-electron chi connectivity index (χ3n) is 2.95. The Balaban J connectivity index is 1.90. The Bertz CT molecular complexity index is 406. The van der Waals surface area contributed by atoms with Crippen molar-refractivity contribution in [2.24, 2.45) is 5.73 Å². The monoisotopic (exact) mass is 253 g/mol. The first-order chi connectivity index (χ1) is 8.69. The summed E-state index contributed by atoms with van der Waals surface area (Å²) in [5, 5.41) is 10.6. The largest absolute Gasteiger partial charge is 0.378 e. The molecule has 7 nitrogen and oxygen atoms in total. The van der Waals surface area contributed by atoms with Gasteiger partial charge in [-0.25, -0.2) is 0 Å². The van der Waals surface area contributed by atoms with Gasteiger partial charge >= 0.3 is 0 Å². The fourth-order valence-electron chi connectivity index (χ4n) is 2.03. The second kappa shape index (κ2) is 5.92. The molecule has 1 aliphatic heterocycles. The third kappa shape index (κ3) is 3.27. The van der Waals surface area contributed by atoms with Gasteiger partial charge in [-0.05, 0) is 19.8 Å². The highest BCUT2D eigenvalue weighted by Crippen LogP contribution is 2.13. The number of rotatable bonds is 4. The number of hydrogen-bond donors (Lipinski definition) is 2. The van der Waals surface area contributed by atoms with Crippen LogP contribution in [-0.4, -0.2) is 46.2 Å². The van der Waals surface area contributed by atoms with Crippen molar-refractivity contribution in [1.82, 2.24) is 20.3 Å². The Morgan fingerprint density at radius 1 is 1.72 bits per heavy atom. The molecule has 2 rings (SSSR count). The second-order valence-corrected chi connectivity index (χ2v) is 4.53. The SMILES string of the molecule is CC1CC(NC(=O)c2cn(CCN)nn2)CCO1. The number of nitrogens with two attached hydrogens (primary N) is 1. The van der Waals surface area contributed by atoms with E-state index in [9.17, 15) is 4.79 Å². The van der Waals surface area contributed by atoms with Crippen molar-refractivity contribution in [1.29, 1.82) is 0 Å². The first kappa shape index (κ1) is 13.0. The van der Waals surface area contributed by atoms with Crippen LogP contribution in [0.2, 0.25) is 0 Å². The number of carbonyl (C=O) groups excluding carboxylic acids is 1. The van der Waals surface area contributed by atoms with E-state index in [0.717, 1.165) is 12.8 Å². The smallest absolute Gasteiger partial charge is 0.273 e. The first-order valence-corrected chi connectivity index (χ1v) is 6.21. The van der Waals surface area contributed by atoms with Crippen molar-refractivity contribution in [3.8, 4) is 0 Å². The Morgan fingerprint density at radius 2 is 2.56 bits per heavy atom. The fraction of sp³-hybridized carbons (Fsp3) is 0.727. The molecule has 1 fully saturated rings. The Kier molecular flexibility index (Phi) is 4.27. The number of carbonyl (C=O) groups is 1. The summed E-state index contributed by atoms with van der Waals surface area (Å²) in [7, 11) is 0. The molecule has 1 aromatic rings. The van der Waals surface area contributed by atoms with E-state index < -0.39 is 0 Å². The van der Waals surface area contributed by atoms with Crippen LogP contribution in [0.1, 0.15) is 30.3 Å². The number of ether oxygens (including phenoxy) is 1. The van der Waals surface area contributed by atoms with Crippen molar-refractivity contribution >= 4 is 5.91 Å². The maximum absolute atomic E-state index is 11.9. The van der Waals surface area contributed by atoms with Crippen molar-refractivity contribution in [3.63, 3.8) is 0 Å². The van der Waals surface area contributed by atoms with Crippen molar-refractivity contribution in [2.75, 3.05) is 13.2 Å². The minimum Gasteiger partial charge on any atom is -0.378 e. The molecule has 1 aromatic heterocycles. The molecular weight excluding hydrogens is 234 g/mol. The van der Waals surface area contributed by atoms with Gasteiger partial charge in [0.05, 0.1) is 18.8 Å². The lowest BCUT2D eigenvalue weighted by Crippen LogP contribution is -2.41. The van der Waals surface area contributed by atoms with Crippen molar-refractivity contribution in [3.05, 3.63) is 11.9 Å². The maximum Gasteiger partial charge on any atom is 0.273 e. The fourth-order valence-corrected chi connectivity index (χ4v) is 2.03. The Hall–Kier alpha value is -1.47. The van der Waals surface area contributed by atoms with Crippen LogP contribution < -0.4 is 11.1 Å². The zero-order valence-corrected chi connectivity index (χ0v) is 10.5. The van der Waals surface area contributed by atoms with E-state index >= 15 is 0 Å². The number of hydrogen-bond acceptors (Lipinski definition) is 5. The van der Waals surface area contributed by atoms with Crippen LogP contribution in [0.25, 0.3) is 0 Å². The van der Waals surface area contributed by atoms with E-state index in [1.54, 1.807) is 10.9 Å². The van der Waals surface area contributed by atoms with E-state index in [1.165, 1.54) is 0 Å². The van der Waals surface area contributed by atoms with Gasteiger partial charge in [0.25, 0.3) is 5.91 Å². The van der Waals surface area contributed by atoms with Gasteiger partial charge in [0.2, 0.25) is 0 Å². The summed E-state index contributed by atoms with van der Waals surface area (Å²) in [5.74, 6) is -0.183. The topological polar surface area (TPSA) is 95.1 Å². The summed E-state index contributed by atoms with van der Waals surface area (Å²) in [5.41, 5.74) is 5.74. The lowest BCUT2D eigenvalue weighted by atomic mass is 10.0. The minimum absolute atomic E-state index is 0.154. The van der Waals surface area contributed by atoms with Crippen LogP contribution in [0, 0.1) is 0 Å². The van der Waals surface area contributed by atoms with Crippen LogP contribution in [0.4, 0.5) is 0 Å². The molecule has 0 radical (unpaired) electrons. The molecular formula is C11H19N5O2. The van der Waals surface area contributed by atoms with E-state index in [1.807, 2.05) is 6.92 Å². The van der Waals surface area contributed by atoms with E-state index in [0.29, 0.717) is 25.4 Å². The highest BCUT2D eigenvalue weighted by atomic mass is 16.5. The van der Waals surface area contributed by atoms with Gasteiger partial charge < -0.3 is 15.8 Å². The lowest BCUT2D eigenvalue weighted by molar-refractivity contribution is 0.0136. The number of nitrogens with zero attached hydrogens (tertiary/aromatic N) is 3. The average Bonchev–Trinajstić information content (AvgIpc) is 2.78. The second-order valence-electron chi connectivity index (χ2n) is 4.53. The predicted molar refractivity (Wildman–Crippen MR) is 65.0 cm³/mol. The van der Waals surface area contributed by atoms with Crippen LogP contribution in [-0.2, 0) is 11.3 Å². The highest BCUT2D eigenvalue weighted by molar-refractivity contribution is 5.92. The van der Waals surface area contributed by atoms with Gasteiger partial charge in [0.15, 0.2) is 5.69 Å².